The van der Waals surface area contributed by atoms with E-state index in [2.05, 4.69) is 5.32 Å². The maximum Gasteiger partial charge on any atom is 0.221 e. The molecule has 0 saturated heterocycles. The summed E-state index contributed by atoms with van der Waals surface area (Å²) in [6, 6.07) is 7.60. The molecule has 0 unspecified atom stereocenters. The molecule has 0 aromatic heterocycles. The van der Waals surface area contributed by atoms with Crippen molar-refractivity contribution in [3.63, 3.8) is 0 Å². The molecular formula is C17H26ClN3O2. The first-order chi connectivity index (χ1) is 10.9. The van der Waals surface area contributed by atoms with Gasteiger partial charge in [0.05, 0.1) is 0 Å². The lowest BCUT2D eigenvalue weighted by Gasteiger charge is -2.22. The number of amides is 2. The molecule has 0 bridgehead atoms. The summed E-state index contributed by atoms with van der Waals surface area (Å²) in [5, 5.41) is 3.58. The molecule has 0 radical (unpaired) electrons. The van der Waals surface area contributed by atoms with E-state index in [1.165, 1.54) is 6.92 Å². The Balaban J connectivity index is 2.28. The van der Waals surface area contributed by atoms with E-state index in [0.717, 1.165) is 18.5 Å². The number of carbonyl (C=O) groups excluding carboxylic acids is 2. The lowest BCUT2D eigenvalue weighted by Crippen LogP contribution is -2.38. The fourth-order valence-electron chi connectivity index (χ4n) is 2.11. The van der Waals surface area contributed by atoms with Crippen molar-refractivity contribution in [1.29, 1.82) is 0 Å². The summed E-state index contributed by atoms with van der Waals surface area (Å²) in [6.45, 7) is 3.98. The molecule has 1 rings (SSSR count). The number of hydrogen-bond donors (Lipinski definition) is 1. The van der Waals surface area contributed by atoms with Crippen LogP contribution in [-0.4, -0.2) is 61.9 Å². The van der Waals surface area contributed by atoms with E-state index in [0.29, 0.717) is 31.1 Å². The fraction of sp³-hybridized carbons (Fsp3) is 0.529. The van der Waals surface area contributed by atoms with Crippen molar-refractivity contribution in [2.45, 2.75) is 19.8 Å². The Morgan fingerprint density at radius 3 is 2.52 bits per heavy atom. The smallest absolute Gasteiger partial charge is 0.221 e. The van der Waals surface area contributed by atoms with E-state index < -0.39 is 0 Å². The lowest BCUT2D eigenvalue weighted by atomic mass is 10.1. The average molecular weight is 340 g/mol. The van der Waals surface area contributed by atoms with Crippen LogP contribution in [0.25, 0.3) is 0 Å². The largest absolute Gasteiger partial charge is 0.356 e. The number of nitrogens with zero attached hydrogens (tertiary/aromatic N) is 2. The van der Waals surface area contributed by atoms with Gasteiger partial charge in [-0.25, -0.2) is 0 Å². The molecule has 0 spiro atoms. The molecule has 1 aromatic carbocycles. The van der Waals surface area contributed by atoms with Gasteiger partial charge in [0.2, 0.25) is 11.8 Å². The summed E-state index contributed by atoms with van der Waals surface area (Å²) in [6.07, 6.45) is 1.06. The number of carbonyl (C=O) groups is 2. The SMILES string of the molecule is CC(=O)N(CCC(=O)NCCc1cccc(Cl)c1)CCN(C)C. The highest BCUT2D eigenvalue weighted by molar-refractivity contribution is 6.30. The van der Waals surface area contributed by atoms with E-state index in [-0.39, 0.29) is 11.8 Å². The highest BCUT2D eigenvalue weighted by Crippen LogP contribution is 2.10. The third kappa shape index (κ3) is 8.57. The van der Waals surface area contributed by atoms with Gasteiger partial charge < -0.3 is 15.1 Å². The Labute approximate surface area is 143 Å². The minimum Gasteiger partial charge on any atom is -0.356 e. The molecule has 128 valence electrons. The maximum absolute atomic E-state index is 11.9. The van der Waals surface area contributed by atoms with Gasteiger partial charge in [0.15, 0.2) is 0 Å². The minimum atomic E-state index is -0.0388. The van der Waals surface area contributed by atoms with Crippen LogP contribution in [-0.2, 0) is 16.0 Å². The Bertz CT molecular complexity index is 520. The Kier molecular flexibility index (Phi) is 8.66. The summed E-state index contributed by atoms with van der Waals surface area (Å²) in [4.78, 5) is 27.2. The van der Waals surface area contributed by atoms with E-state index >= 15 is 0 Å². The van der Waals surface area contributed by atoms with Crippen LogP contribution < -0.4 is 5.32 Å². The predicted molar refractivity (Wildman–Crippen MR) is 93.6 cm³/mol. The summed E-state index contributed by atoms with van der Waals surface area (Å²) in [5.41, 5.74) is 1.09. The number of rotatable bonds is 9. The Morgan fingerprint density at radius 2 is 1.91 bits per heavy atom. The summed E-state index contributed by atoms with van der Waals surface area (Å²) in [5.74, 6) is -0.0401. The molecule has 6 heteroatoms. The van der Waals surface area contributed by atoms with Gasteiger partial charge in [-0.1, -0.05) is 23.7 Å². The zero-order valence-electron chi connectivity index (χ0n) is 14.1. The van der Waals surface area contributed by atoms with Crippen molar-refractivity contribution >= 4 is 23.4 Å². The normalized spacial score (nSPS) is 10.7. The maximum atomic E-state index is 11.9. The van der Waals surface area contributed by atoms with Crippen molar-refractivity contribution in [3.8, 4) is 0 Å². The predicted octanol–water partition coefficient (Wildman–Crippen LogP) is 1.80. The van der Waals surface area contributed by atoms with Gasteiger partial charge in [0.25, 0.3) is 0 Å². The molecule has 2 amide bonds. The monoisotopic (exact) mass is 339 g/mol. The van der Waals surface area contributed by atoms with Crippen LogP contribution in [0.3, 0.4) is 0 Å². The van der Waals surface area contributed by atoms with Crippen LogP contribution in [0.4, 0.5) is 0 Å². The molecular weight excluding hydrogens is 314 g/mol. The zero-order valence-corrected chi connectivity index (χ0v) is 14.9. The van der Waals surface area contributed by atoms with Crippen LogP contribution in [0.1, 0.15) is 18.9 Å². The van der Waals surface area contributed by atoms with Crippen molar-refractivity contribution in [1.82, 2.24) is 15.1 Å². The lowest BCUT2D eigenvalue weighted by molar-refractivity contribution is -0.129. The number of benzene rings is 1. The Hall–Kier alpha value is -1.59. The van der Waals surface area contributed by atoms with E-state index in [1.807, 2.05) is 43.3 Å². The number of likely N-dealkylation sites (N-methyl/N-ethyl adjacent to an activating group) is 1. The van der Waals surface area contributed by atoms with Gasteiger partial charge >= 0.3 is 0 Å². The molecule has 0 aliphatic rings. The van der Waals surface area contributed by atoms with E-state index in [9.17, 15) is 9.59 Å². The summed E-state index contributed by atoms with van der Waals surface area (Å²) < 4.78 is 0. The number of halogens is 1. The zero-order chi connectivity index (χ0) is 17.2. The fourth-order valence-corrected chi connectivity index (χ4v) is 2.32. The van der Waals surface area contributed by atoms with Gasteiger partial charge in [-0.05, 0) is 38.2 Å². The van der Waals surface area contributed by atoms with Gasteiger partial charge in [-0.2, -0.15) is 0 Å². The van der Waals surface area contributed by atoms with E-state index in [1.54, 1.807) is 4.90 Å². The molecule has 0 aliphatic heterocycles. The number of nitrogens with one attached hydrogen (secondary N) is 1. The highest BCUT2D eigenvalue weighted by Gasteiger charge is 2.11. The number of hydrogen-bond acceptors (Lipinski definition) is 3. The quantitative estimate of drug-likeness (QED) is 0.746. The second-order valence-corrected chi connectivity index (χ2v) is 6.23. The first-order valence-corrected chi connectivity index (χ1v) is 8.17. The summed E-state index contributed by atoms with van der Waals surface area (Å²) in [7, 11) is 3.92. The van der Waals surface area contributed by atoms with Gasteiger partial charge in [0.1, 0.15) is 0 Å². The standard InChI is InChI=1S/C17H26ClN3O2/c1-14(22)21(12-11-20(2)3)10-8-17(23)19-9-7-15-5-4-6-16(18)13-15/h4-6,13H,7-12H2,1-3H3,(H,19,23). The Morgan fingerprint density at radius 1 is 1.17 bits per heavy atom. The second kappa shape index (κ2) is 10.2. The molecule has 0 fully saturated rings. The van der Waals surface area contributed by atoms with Crippen molar-refractivity contribution in [2.24, 2.45) is 0 Å². The molecule has 5 nitrogen and oxygen atoms in total. The van der Waals surface area contributed by atoms with Gasteiger partial charge in [-0.3, -0.25) is 9.59 Å². The first kappa shape index (κ1) is 19.5. The molecule has 0 saturated carbocycles. The highest BCUT2D eigenvalue weighted by atomic mass is 35.5. The van der Waals surface area contributed by atoms with Gasteiger partial charge in [-0.15, -0.1) is 0 Å². The van der Waals surface area contributed by atoms with Gasteiger partial charge in [0, 0.05) is 44.5 Å². The minimum absolute atomic E-state index is 0.00132. The van der Waals surface area contributed by atoms with Crippen molar-refractivity contribution in [2.75, 3.05) is 40.3 Å². The van der Waals surface area contributed by atoms with Crippen molar-refractivity contribution in [3.05, 3.63) is 34.9 Å². The third-order valence-electron chi connectivity index (χ3n) is 3.50. The second-order valence-electron chi connectivity index (χ2n) is 5.79. The molecule has 0 aliphatic carbocycles. The third-order valence-corrected chi connectivity index (χ3v) is 3.73. The molecule has 0 atom stereocenters. The van der Waals surface area contributed by atoms with Crippen LogP contribution >= 0.6 is 11.6 Å². The molecule has 23 heavy (non-hydrogen) atoms. The van der Waals surface area contributed by atoms with Crippen LogP contribution in [0.5, 0.6) is 0 Å². The van der Waals surface area contributed by atoms with E-state index in [4.69, 9.17) is 11.6 Å². The van der Waals surface area contributed by atoms with Crippen LogP contribution in [0.15, 0.2) is 24.3 Å². The molecule has 0 heterocycles. The molecule has 1 N–H and O–H groups in total. The molecule has 1 aromatic rings. The van der Waals surface area contributed by atoms with Crippen LogP contribution in [0, 0.1) is 0 Å². The average Bonchev–Trinajstić information content (AvgIpc) is 2.46. The topological polar surface area (TPSA) is 52.7 Å². The van der Waals surface area contributed by atoms with Crippen LogP contribution in [0.2, 0.25) is 5.02 Å². The summed E-state index contributed by atoms with van der Waals surface area (Å²) >= 11 is 5.92. The first-order valence-electron chi connectivity index (χ1n) is 7.80. The van der Waals surface area contributed by atoms with Crippen molar-refractivity contribution < 1.29 is 9.59 Å².